The lowest BCUT2D eigenvalue weighted by Gasteiger charge is -2.07. The Morgan fingerprint density at radius 1 is 0.812 bits per heavy atom. The van der Waals surface area contributed by atoms with Gasteiger partial charge in [0, 0.05) is 17.1 Å². The van der Waals surface area contributed by atoms with Crippen LogP contribution in [0.1, 0.15) is 0 Å². The highest BCUT2D eigenvalue weighted by Crippen LogP contribution is 2.27. The molecular weight excluding hydrogens is 243 g/mol. The molecule has 82 valence electrons. The molecule has 2 rings (SSSR count). The lowest BCUT2D eigenvalue weighted by atomic mass is 10.2. The van der Waals surface area contributed by atoms with Gasteiger partial charge in [-0.25, -0.2) is 0 Å². The van der Waals surface area contributed by atoms with Crippen LogP contribution < -0.4 is 11.1 Å². The highest BCUT2D eigenvalue weighted by atomic mass is 35.5. The second-order valence-electron chi connectivity index (χ2n) is 3.38. The molecule has 0 aliphatic heterocycles. The van der Waals surface area contributed by atoms with Crippen molar-refractivity contribution < 1.29 is 0 Å². The summed E-state index contributed by atoms with van der Waals surface area (Å²) in [5, 5.41) is 4.28. The van der Waals surface area contributed by atoms with Gasteiger partial charge in [0.1, 0.15) is 0 Å². The van der Waals surface area contributed by atoms with E-state index < -0.39 is 0 Å². The number of nitrogen functional groups attached to an aromatic ring is 1. The molecule has 0 spiro atoms. The molecule has 3 N–H and O–H groups in total. The van der Waals surface area contributed by atoms with Gasteiger partial charge in [0.15, 0.2) is 0 Å². The van der Waals surface area contributed by atoms with Crippen molar-refractivity contribution in [2.24, 2.45) is 0 Å². The van der Waals surface area contributed by atoms with E-state index in [1.165, 1.54) is 0 Å². The summed E-state index contributed by atoms with van der Waals surface area (Å²) in [5.74, 6) is 0. The largest absolute Gasteiger partial charge is 0.399 e. The first-order valence-electron chi connectivity index (χ1n) is 4.73. The molecule has 0 heterocycles. The normalized spacial score (nSPS) is 10.1. The summed E-state index contributed by atoms with van der Waals surface area (Å²) >= 11 is 11.7. The van der Waals surface area contributed by atoms with Crippen LogP contribution in [0.4, 0.5) is 17.1 Å². The van der Waals surface area contributed by atoms with E-state index in [2.05, 4.69) is 5.32 Å². The minimum absolute atomic E-state index is 0.530. The summed E-state index contributed by atoms with van der Waals surface area (Å²) < 4.78 is 0. The van der Waals surface area contributed by atoms with Gasteiger partial charge in [-0.2, -0.15) is 0 Å². The Balaban J connectivity index is 2.20. The van der Waals surface area contributed by atoms with E-state index in [4.69, 9.17) is 28.9 Å². The fourth-order valence-corrected chi connectivity index (χ4v) is 1.61. The van der Waals surface area contributed by atoms with Crippen LogP contribution in [-0.2, 0) is 0 Å². The lowest BCUT2D eigenvalue weighted by Crippen LogP contribution is -1.91. The molecule has 0 amide bonds. The number of hydrogen-bond acceptors (Lipinski definition) is 2. The molecule has 0 saturated carbocycles. The third-order valence-electron chi connectivity index (χ3n) is 2.12. The summed E-state index contributed by atoms with van der Waals surface area (Å²) in [5.41, 5.74) is 8.17. The summed E-state index contributed by atoms with van der Waals surface area (Å²) in [6.45, 7) is 0. The molecule has 0 unspecified atom stereocenters. The van der Waals surface area contributed by atoms with Crippen molar-refractivity contribution in [2.75, 3.05) is 11.1 Å². The van der Waals surface area contributed by atoms with Gasteiger partial charge < -0.3 is 11.1 Å². The first-order chi connectivity index (χ1) is 7.65. The number of nitrogens with one attached hydrogen (secondary N) is 1. The third-order valence-corrected chi connectivity index (χ3v) is 2.86. The molecule has 0 radical (unpaired) electrons. The van der Waals surface area contributed by atoms with Crippen LogP contribution in [0.2, 0.25) is 10.0 Å². The molecule has 0 aromatic heterocycles. The van der Waals surface area contributed by atoms with Crippen LogP contribution in [-0.4, -0.2) is 0 Å². The molecule has 0 saturated heterocycles. The monoisotopic (exact) mass is 252 g/mol. The molecule has 0 fully saturated rings. The Morgan fingerprint density at radius 3 is 2.06 bits per heavy atom. The van der Waals surface area contributed by atoms with Gasteiger partial charge in [-0.3, -0.25) is 0 Å². The number of rotatable bonds is 2. The van der Waals surface area contributed by atoms with Crippen LogP contribution in [0.3, 0.4) is 0 Å². The fourth-order valence-electron chi connectivity index (χ4n) is 1.31. The zero-order chi connectivity index (χ0) is 11.5. The van der Waals surface area contributed by atoms with Crippen molar-refractivity contribution >= 4 is 40.3 Å². The van der Waals surface area contributed by atoms with Crippen LogP contribution in [0.5, 0.6) is 0 Å². The number of anilines is 3. The highest BCUT2D eigenvalue weighted by molar-refractivity contribution is 6.42. The van der Waals surface area contributed by atoms with Crippen LogP contribution in [0.25, 0.3) is 0 Å². The Hall–Kier alpha value is -1.38. The second-order valence-corrected chi connectivity index (χ2v) is 4.19. The van der Waals surface area contributed by atoms with Crippen molar-refractivity contribution in [1.82, 2.24) is 0 Å². The fraction of sp³-hybridized carbons (Fsp3) is 0. The Bertz CT molecular complexity index is 495. The van der Waals surface area contributed by atoms with Crippen LogP contribution in [0.15, 0.2) is 42.5 Å². The van der Waals surface area contributed by atoms with Crippen molar-refractivity contribution in [3.05, 3.63) is 52.5 Å². The zero-order valence-electron chi connectivity index (χ0n) is 8.37. The quantitative estimate of drug-likeness (QED) is 0.782. The van der Waals surface area contributed by atoms with Crippen molar-refractivity contribution in [1.29, 1.82) is 0 Å². The molecule has 0 aliphatic carbocycles. The van der Waals surface area contributed by atoms with Gasteiger partial charge >= 0.3 is 0 Å². The molecule has 2 nitrogen and oxygen atoms in total. The predicted octanol–water partition coefficient (Wildman–Crippen LogP) is 4.32. The minimum atomic E-state index is 0.530. The standard InChI is InChI=1S/C12H10Cl2N2/c13-11-6-5-10(7-12(11)14)16-9-3-1-8(15)2-4-9/h1-7,16H,15H2. The molecule has 2 aromatic carbocycles. The number of hydrogen-bond donors (Lipinski definition) is 2. The molecule has 0 aliphatic rings. The summed E-state index contributed by atoms with van der Waals surface area (Å²) in [6.07, 6.45) is 0. The van der Waals surface area contributed by atoms with Gasteiger partial charge in [-0.1, -0.05) is 23.2 Å². The van der Waals surface area contributed by atoms with Crippen molar-refractivity contribution in [2.45, 2.75) is 0 Å². The maximum absolute atomic E-state index is 5.91. The maximum Gasteiger partial charge on any atom is 0.0612 e. The van der Waals surface area contributed by atoms with Gasteiger partial charge in [-0.15, -0.1) is 0 Å². The average Bonchev–Trinajstić information content (AvgIpc) is 2.27. The van der Waals surface area contributed by atoms with E-state index in [1.54, 1.807) is 12.1 Å². The minimum Gasteiger partial charge on any atom is -0.399 e. The first-order valence-corrected chi connectivity index (χ1v) is 5.48. The first kappa shape index (κ1) is 11.1. The smallest absolute Gasteiger partial charge is 0.0612 e. The number of halogens is 2. The van der Waals surface area contributed by atoms with E-state index >= 15 is 0 Å². The second kappa shape index (κ2) is 4.64. The van der Waals surface area contributed by atoms with Crippen LogP contribution >= 0.6 is 23.2 Å². The molecule has 0 atom stereocenters. The topological polar surface area (TPSA) is 38.0 Å². The van der Waals surface area contributed by atoms with Gasteiger partial charge in [-0.05, 0) is 42.5 Å². The summed E-state index contributed by atoms with van der Waals surface area (Å²) in [6, 6.07) is 12.9. The molecule has 0 bridgehead atoms. The van der Waals surface area contributed by atoms with E-state index in [0.717, 1.165) is 17.1 Å². The van der Waals surface area contributed by atoms with Crippen molar-refractivity contribution in [3.63, 3.8) is 0 Å². The molecule has 16 heavy (non-hydrogen) atoms. The van der Waals surface area contributed by atoms with Gasteiger partial charge in [0.05, 0.1) is 10.0 Å². The Kier molecular flexibility index (Phi) is 3.22. The summed E-state index contributed by atoms with van der Waals surface area (Å²) in [4.78, 5) is 0. The average molecular weight is 253 g/mol. The molecule has 2 aromatic rings. The Morgan fingerprint density at radius 2 is 1.44 bits per heavy atom. The zero-order valence-corrected chi connectivity index (χ0v) is 9.89. The van der Waals surface area contributed by atoms with Gasteiger partial charge in [0.25, 0.3) is 0 Å². The van der Waals surface area contributed by atoms with E-state index in [9.17, 15) is 0 Å². The highest BCUT2D eigenvalue weighted by Gasteiger charge is 1.99. The van der Waals surface area contributed by atoms with Gasteiger partial charge in [0.2, 0.25) is 0 Å². The SMILES string of the molecule is Nc1ccc(Nc2ccc(Cl)c(Cl)c2)cc1. The Labute approximate surface area is 104 Å². The number of benzene rings is 2. The predicted molar refractivity (Wildman–Crippen MR) is 70.6 cm³/mol. The molecular formula is C12H10Cl2N2. The van der Waals surface area contributed by atoms with Crippen molar-refractivity contribution in [3.8, 4) is 0 Å². The summed E-state index contributed by atoms with van der Waals surface area (Å²) in [7, 11) is 0. The van der Waals surface area contributed by atoms with E-state index in [1.807, 2.05) is 30.3 Å². The molecule has 4 heteroatoms. The lowest BCUT2D eigenvalue weighted by molar-refractivity contribution is 1.55. The number of nitrogens with two attached hydrogens (primary N) is 1. The third kappa shape index (κ3) is 2.60. The van der Waals surface area contributed by atoms with E-state index in [0.29, 0.717) is 10.0 Å². The van der Waals surface area contributed by atoms with E-state index in [-0.39, 0.29) is 0 Å². The maximum atomic E-state index is 5.91. The van der Waals surface area contributed by atoms with Crippen LogP contribution in [0, 0.1) is 0 Å².